The van der Waals surface area contributed by atoms with Gasteiger partial charge in [0.05, 0.1) is 14.2 Å². The van der Waals surface area contributed by atoms with Crippen LogP contribution in [0.15, 0.2) is 43.0 Å². The maximum atomic E-state index is 12.5. The van der Waals surface area contributed by atoms with Gasteiger partial charge in [-0.25, -0.2) is 34.3 Å². The molecule has 0 atom stereocenters. The number of nitrogens with zero attached hydrogens (tertiary/aromatic N) is 7. The van der Waals surface area contributed by atoms with Crippen molar-refractivity contribution in [1.29, 1.82) is 0 Å². The summed E-state index contributed by atoms with van der Waals surface area (Å²) in [5.41, 5.74) is 0.486. The van der Waals surface area contributed by atoms with Crippen molar-refractivity contribution in [2.45, 2.75) is 45.3 Å². The number of ether oxygens (including phenoxy) is 4. The second-order valence-electron chi connectivity index (χ2n) is 11.3. The van der Waals surface area contributed by atoms with Crippen LogP contribution in [0.5, 0.6) is 17.5 Å². The number of nitrogens with one attached hydrogen (secondary N) is 3. The summed E-state index contributed by atoms with van der Waals surface area (Å²) in [7, 11) is 3.01. The van der Waals surface area contributed by atoms with Crippen molar-refractivity contribution in [3.05, 3.63) is 43.0 Å². The third kappa shape index (κ3) is 9.57. The van der Waals surface area contributed by atoms with Crippen molar-refractivity contribution in [2.75, 3.05) is 37.9 Å². The minimum atomic E-state index is -0.618. The number of anilines is 2. The van der Waals surface area contributed by atoms with E-state index < -0.39 is 17.8 Å². The van der Waals surface area contributed by atoms with Crippen LogP contribution in [-0.2, 0) is 4.74 Å². The number of fused-ring (bicyclic) bond motifs is 2. The van der Waals surface area contributed by atoms with E-state index in [9.17, 15) is 14.4 Å². The van der Waals surface area contributed by atoms with Crippen LogP contribution in [0.3, 0.4) is 0 Å². The fourth-order valence-electron chi connectivity index (χ4n) is 4.45. The Kier molecular flexibility index (Phi) is 11.1. The van der Waals surface area contributed by atoms with Gasteiger partial charge in [0.25, 0.3) is 0 Å². The maximum Gasteiger partial charge on any atom is 0.418 e. The van der Waals surface area contributed by atoms with Crippen molar-refractivity contribution >= 4 is 71.8 Å². The monoisotopic (exact) mass is 710 g/mol. The molecule has 0 aliphatic carbocycles. The standard InChI is InChI=1S/C17H24N6O4S.C13H10N4O3S/c1-17(2,3)27-16(25)20-10-5-7-23(8-6-10)15(24)22-14-21-11-12(26-4)18-9-19-13(11)28-14;1-19-10-9-11(15-7-14-10)21-12(16-9)17-13(18)20-8-5-3-2-4-6-8/h9-10H,5-8H2,1-4H3,(H,20,25)(H,21,22,24);2-7H,1H3,(H,16,17,18). The lowest BCUT2D eigenvalue weighted by molar-refractivity contribution is 0.0486. The molecule has 1 aromatic carbocycles. The number of thiazole rings is 2. The summed E-state index contributed by atoms with van der Waals surface area (Å²) in [6.07, 6.45) is 3.04. The lowest BCUT2D eigenvalue weighted by atomic mass is 10.1. The Morgan fingerprint density at radius 2 is 1.35 bits per heavy atom. The van der Waals surface area contributed by atoms with E-state index >= 15 is 0 Å². The normalized spacial score (nSPS) is 13.2. The summed E-state index contributed by atoms with van der Waals surface area (Å²) in [5.74, 6) is 1.19. The van der Waals surface area contributed by atoms with E-state index in [2.05, 4.69) is 45.9 Å². The Morgan fingerprint density at radius 3 is 1.88 bits per heavy atom. The molecule has 1 fully saturated rings. The summed E-state index contributed by atoms with van der Waals surface area (Å²) in [5, 5.41) is 9.01. The molecule has 5 aromatic rings. The van der Waals surface area contributed by atoms with E-state index in [4.69, 9.17) is 18.9 Å². The number of carbonyl (C=O) groups excluding carboxylic acids is 3. The number of benzene rings is 1. The Morgan fingerprint density at radius 1 is 0.796 bits per heavy atom. The van der Waals surface area contributed by atoms with Gasteiger partial charge in [-0.1, -0.05) is 40.9 Å². The molecule has 0 bridgehead atoms. The van der Waals surface area contributed by atoms with Gasteiger partial charge in [0.1, 0.15) is 24.0 Å². The number of rotatable bonds is 6. The summed E-state index contributed by atoms with van der Waals surface area (Å²) < 4.78 is 20.6. The average Bonchev–Trinajstić information content (AvgIpc) is 3.68. The highest BCUT2D eigenvalue weighted by atomic mass is 32.1. The first-order valence-electron chi connectivity index (χ1n) is 14.9. The molecule has 5 heterocycles. The zero-order valence-corrected chi connectivity index (χ0v) is 28.9. The van der Waals surface area contributed by atoms with Gasteiger partial charge in [0.2, 0.25) is 11.8 Å². The minimum absolute atomic E-state index is 0.0131. The van der Waals surface area contributed by atoms with E-state index in [0.29, 0.717) is 74.4 Å². The number of aromatic nitrogens is 6. The third-order valence-corrected chi connectivity index (χ3v) is 8.35. The molecule has 3 N–H and O–H groups in total. The van der Waals surface area contributed by atoms with E-state index in [0.717, 1.165) is 0 Å². The van der Waals surface area contributed by atoms with Crippen LogP contribution in [0, 0.1) is 0 Å². The minimum Gasteiger partial charge on any atom is -0.479 e. The van der Waals surface area contributed by atoms with Gasteiger partial charge >= 0.3 is 18.2 Å². The first-order chi connectivity index (χ1) is 23.5. The molecule has 4 amide bonds. The Labute approximate surface area is 288 Å². The summed E-state index contributed by atoms with van der Waals surface area (Å²) in [6, 6.07) is 8.52. The Bertz CT molecular complexity index is 1910. The number of methoxy groups -OCH3 is 2. The predicted molar refractivity (Wildman–Crippen MR) is 183 cm³/mol. The van der Waals surface area contributed by atoms with E-state index in [1.807, 2.05) is 26.8 Å². The molecule has 0 unspecified atom stereocenters. The highest BCUT2D eigenvalue weighted by Gasteiger charge is 2.26. The molecule has 0 radical (unpaired) electrons. The van der Waals surface area contributed by atoms with Crippen LogP contribution in [-0.4, -0.2) is 92.0 Å². The summed E-state index contributed by atoms with van der Waals surface area (Å²) in [4.78, 5) is 63.9. The number of urea groups is 1. The molecule has 17 nitrogen and oxygen atoms in total. The molecule has 0 spiro atoms. The number of likely N-dealkylation sites (tertiary alicyclic amines) is 1. The fourth-order valence-corrected chi connectivity index (χ4v) is 6.03. The molecular formula is C30H34N10O7S2. The van der Waals surface area contributed by atoms with Crippen LogP contribution in [0.4, 0.5) is 24.6 Å². The van der Waals surface area contributed by atoms with Crippen LogP contribution < -0.4 is 30.2 Å². The first kappa shape index (κ1) is 34.9. The molecule has 258 valence electrons. The average molecular weight is 711 g/mol. The second kappa shape index (κ2) is 15.6. The smallest absolute Gasteiger partial charge is 0.418 e. The quantitative estimate of drug-likeness (QED) is 0.204. The molecule has 1 saturated heterocycles. The van der Waals surface area contributed by atoms with Crippen molar-refractivity contribution in [2.24, 2.45) is 0 Å². The molecule has 4 aromatic heterocycles. The highest BCUT2D eigenvalue weighted by Crippen LogP contribution is 2.30. The SMILES string of the molecule is COc1ncnc2sc(NC(=O)N3CCC(NC(=O)OC(C)(C)C)CC3)nc12.COc1ncnc2sc(NC(=O)Oc3ccccc3)nc12. The lowest BCUT2D eigenvalue weighted by Crippen LogP contribution is -2.48. The summed E-state index contributed by atoms with van der Waals surface area (Å²) in [6.45, 7) is 6.52. The zero-order chi connectivity index (χ0) is 35.0. The molecule has 0 saturated carbocycles. The summed E-state index contributed by atoms with van der Waals surface area (Å²) >= 11 is 2.47. The largest absolute Gasteiger partial charge is 0.479 e. The van der Waals surface area contributed by atoms with Gasteiger partial charge in [-0.2, -0.15) is 9.97 Å². The van der Waals surface area contributed by atoms with Crippen molar-refractivity contribution in [1.82, 2.24) is 40.1 Å². The highest BCUT2D eigenvalue weighted by molar-refractivity contribution is 7.22. The van der Waals surface area contributed by atoms with Gasteiger partial charge in [-0.05, 0) is 45.7 Å². The third-order valence-electron chi connectivity index (χ3n) is 6.59. The van der Waals surface area contributed by atoms with Crippen molar-refractivity contribution < 1.29 is 33.3 Å². The van der Waals surface area contributed by atoms with E-state index in [-0.39, 0.29) is 12.1 Å². The fraction of sp³-hybridized carbons (Fsp3) is 0.367. The maximum absolute atomic E-state index is 12.5. The Balaban J connectivity index is 0.000000199. The van der Waals surface area contributed by atoms with Gasteiger partial charge < -0.3 is 29.2 Å². The van der Waals surface area contributed by atoms with E-state index in [1.54, 1.807) is 29.2 Å². The number of alkyl carbamates (subject to hydrolysis) is 1. The van der Waals surface area contributed by atoms with Crippen molar-refractivity contribution in [3.63, 3.8) is 0 Å². The zero-order valence-electron chi connectivity index (χ0n) is 27.3. The van der Waals surface area contributed by atoms with E-state index in [1.165, 1.54) is 49.5 Å². The number of hydrogen-bond acceptors (Lipinski definition) is 15. The van der Waals surface area contributed by atoms with Gasteiger partial charge in [0.15, 0.2) is 31.0 Å². The number of para-hydroxylation sites is 1. The Hall–Kier alpha value is -5.43. The van der Waals surface area contributed by atoms with Crippen LogP contribution in [0.25, 0.3) is 20.7 Å². The van der Waals surface area contributed by atoms with Crippen LogP contribution in [0.1, 0.15) is 33.6 Å². The van der Waals surface area contributed by atoms with Crippen LogP contribution >= 0.6 is 22.7 Å². The van der Waals surface area contributed by atoms with Crippen LogP contribution in [0.2, 0.25) is 0 Å². The predicted octanol–water partition coefficient (Wildman–Crippen LogP) is 5.32. The van der Waals surface area contributed by atoms with Gasteiger partial charge in [-0.15, -0.1) is 0 Å². The molecule has 6 rings (SSSR count). The molecule has 1 aliphatic heterocycles. The molecule has 49 heavy (non-hydrogen) atoms. The number of hydrogen-bond donors (Lipinski definition) is 3. The second-order valence-corrected chi connectivity index (χ2v) is 13.2. The number of carbonyl (C=O) groups is 3. The number of piperidine rings is 1. The molecular weight excluding hydrogens is 677 g/mol. The number of amides is 4. The topological polar surface area (TPSA) is 205 Å². The van der Waals surface area contributed by atoms with Crippen molar-refractivity contribution in [3.8, 4) is 17.5 Å². The van der Waals surface area contributed by atoms with Gasteiger partial charge in [0, 0.05) is 19.1 Å². The van der Waals surface area contributed by atoms with Gasteiger partial charge in [-0.3, -0.25) is 10.6 Å². The molecule has 19 heteroatoms. The lowest BCUT2D eigenvalue weighted by Gasteiger charge is -2.32. The first-order valence-corrected chi connectivity index (χ1v) is 16.5. The molecule has 1 aliphatic rings.